The summed E-state index contributed by atoms with van der Waals surface area (Å²) in [6.45, 7) is 6.84. The summed E-state index contributed by atoms with van der Waals surface area (Å²) in [6, 6.07) is 2.18. The normalized spacial score (nSPS) is 10.8. The van der Waals surface area contributed by atoms with Crippen molar-refractivity contribution >= 4 is 6.01 Å². The number of rotatable bonds is 4. The highest BCUT2D eigenvalue weighted by Crippen LogP contribution is 2.14. The molecule has 0 aliphatic rings. The molecule has 0 spiro atoms. The van der Waals surface area contributed by atoms with Gasteiger partial charge in [0.1, 0.15) is 11.5 Å². The molecule has 17 heavy (non-hydrogen) atoms. The first-order valence-corrected chi connectivity index (χ1v) is 5.53. The largest absolute Gasteiger partial charge is 0.337 e. The van der Waals surface area contributed by atoms with E-state index in [0.717, 1.165) is 6.54 Å². The van der Waals surface area contributed by atoms with E-state index in [-0.39, 0.29) is 0 Å². The van der Waals surface area contributed by atoms with Crippen LogP contribution >= 0.6 is 0 Å². The second-order valence-corrected chi connectivity index (χ2v) is 4.19. The molecule has 1 N–H and O–H groups in total. The lowest BCUT2D eigenvalue weighted by Gasteiger charge is -2.02. The zero-order chi connectivity index (χ0) is 12.3. The third-order valence-corrected chi connectivity index (χ3v) is 2.09. The fourth-order valence-corrected chi connectivity index (χ4v) is 1.27. The quantitative estimate of drug-likeness (QED) is 0.869. The SMILES string of the molecule is Cc1nccc(-c2noc(NCC(C)C)n2)n1. The summed E-state index contributed by atoms with van der Waals surface area (Å²) in [5.41, 5.74) is 0.666. The Bertz CT molecular complexity index is 494. The molecular formula is C11H15N5O. The lowest BCUT2D eigenvalue weighted by Crippen LogP contribution is -2.07. The number of nitrogens with one attached hydrogen (secondary N) is 1. The number of nitrogens with zero attached hydrogens (tertiary/aromatic N) is 4. The van der Waals surface area contributed by atoms with Crippen LogP contribution in [0.1, 0.15) is 19.7 Å². The fraction of sp³-hybridized carbons (Fsp3) is 0.455. The molecule has 2 aromatic heterocycles. The first-order valence-electron chi connectivity index (χ1n) is 5.53. The number of aryl methyl sites for hydroxylation is 1. The van der Waals surface area contributed by atoms with Crippen molar-refractivity contribution < 1.29 is 4.52 Å². The van der Waals surface area contributed by atoms with E-state index in [2.05, 4.69) is 39.3 Å². The molecule has 0 aliphatic carbocycles. The molecule has 0 radical (unpaired) electrons. The van der Waals surface area contributed by atoms with Crippen molar-refractivity contribution in [2.24, 2.45) is 5.92 Å². The molecule has 0 atom stereocenters. The van der Waals surface area contributed by atoms with Gasteiger partial charge in [0.25, 0.3) is 0 Å². The van der Waals surface area contributed by atoms with Gasteiger partial charge in [-0.1, -0.05) is 19.0 Å². The van der Waals surface area contributed by atoms with Crippen LogP contribution in [0.5, 0.6) is 0 Å². The lowest BCUT2D eigenvalue weighted by molar-refractivity contribution is 0.429. The Morgan fingerprint density at radius 1 is 1.35 bits per heavy atom. The molecule has 0 bridgehead atoms. The maximum Gasteiger partial charge on any atom is 0.321 e. The molecule has 2 rings (SSSR count). The minimum absolute atomic E-state index is 0.421. The molecule has 2 aromatic rings. The third kappa shape index (κ3) is 2.99. The second-order valence-electron chi connectivity index (χ2n) is 4.19. The van der Waals surface area contributed by atoms with Crippen LogP contribution < -0.4 is 5.32 Å². The Morgan fingerprint density at radius 3 is 2.88 bits per heavy atom. The fourth-order valence-electron chi connectivity index (χ4n) is 1.27. The van der Waals surface area contributed by atoms with Crippen molar-refractivity contribution in [3.8, 4) is 11.5 Å². The molecule has 0 unspecified atom stereocenters. The molecule has 0 saturated carbocycles. The third-order valence-electron chi connectivity index (χ3n) is 2.09. The molecule has 90 valence electrons. The molecule has 0 aliphatic heterocycles. The summed E-state index contributed by atoms with van der Waals surface area (Å²) in [4.78, 5) is 12.5. The van der Waals surface area contributed by atoms with Gasteiger partial charge in [0.15, 0.2) is 0 Å². The zero-order valence-electron chi connectivity index (χ0n) is 10.1. The van der Waals surface area contributed by atoms with Gasteiger partial charge >= 0.3 is 6.01 Å². The van der Waals surface area contributed by atoms with Gasteiger partial charge in [0, 0.05) is 12.7 Å². The van der Waals surface area contributed by atoms with E-state index in [1.165, 1.54) is 0 Å². The van der Waals surface area contributed by atoms with Gasteiger partial charge in [0.2, 0.25) is 5.82 Å². The summed E-state index contributed by atoms with van der Waals surface area (Å²) in [7, 11) is 0. The summed E-state index contributed by atoms with van der Waals surface area (Å²) >= 11 is 0. The van der Waals surface area contributed by atoms with Gasteiger partial charge in [-0.05, 0) is 18.9 Å². The topological polar surface area (TPSA) is 76.7 Å². The van der Waals surface area contributed by atoms with Gasteiger partial charge < -0.3 is 9.84 Å². The van der Waals surface area contributed by atoms with Crippen LogP contribution in [-0.4, -0.2) is 26.7 Å². The van der Waals surface area contributed by atoms with Crippen molar-refractivity contribution in [1.82, 2.24) is 20.1 Å². The highest BCUT2D eigenvalue weighted by Gasteiger charge is 2.09. The molecule has 6 nitrogen and oxygen atoms in total. The van der Waals surface area contributed by atoms with E-state index in [9.17, 15) is 0 Å². The Hall–Kier alpha value is -1.98. The van der Waals surface area contributed by atoms with Crippen LogP contribution in [-0.2, 0) is 0 Å². The number of anilines is 1. The van der Waals surface area contributed by atoms with Crippen LogP contribution in [0, 0.1) is 12.8 Å². The molecule has 6 heteroatoms. The summed E-state index contributed by atoms with van der Waals surface area (Å²) in [5, 5.41) is 6.93. The number of hydrogen-bond donors (Lipinski definition) is 1. The van der Waals surface area contributed by atoms with Crippen LogP contribution in [0.3, 0.4) is 0 Å². The standard InChI is InChI=1S/C11H15N5O/c1-7(2)6-13-11-15-10(16-17-11)9-4-5-12-8(3)14-9/h4-5,7H,6H2,1-3H3,(H,13,15,16). The second kappa shape index (κ2) is 4.90. The highest BCUT2D eigenvalue weighted by molar-refractivity contribution is 5.48. The first-order chi connectivity index (χ1) is 8.15. The van der Waals surface area contributed by atoms with Crippen molar-refractivity contribution in [1.29, 1.82) is 0 Å². The van der Waals surface area contributed by atoms with Gasteiger partial charge in [0.05, 0.1) is 0 Å². The maximum atomic E-state index is 5.08. The molecule has 0 fully saturated rings. The Morgan fingerprint density at radius 2 is 2.18 bits per heavy atom. The zero-order valence-corrected chi connectivity index (χ0v) is 10.1. The summed E-state index contributed by atoms with van der Waals surface area (Å²) < 4.78 is 5.08. The van der Waals surface area contributed by atoms with Crippen molar-refractivity contribution in [3.63, 3.8) is 0 Å². The van der Waals surface area contributed by atoms with Gasteiger partial charge in [-0.25, -0.2) is 9.97 Å². The smallest absolute Gasteiger partial charge is 0.321 e. The number of aromatic nitrogens is 4. The molecule has 0 aromatic carbocycles. The Balaban J connectivity index is 2.12. The van der Waals surface area contributed by atoms with Crippen molar-refractivity contribution in [2.75, 3.05) is 11.9 Å². The number of hydrogen-bond acceptors (Lipinski definition) is 6. The van der Waals surface area contributed by atoms with Crippen molar-refractivity contribution in [3.05, 3.63) is 18.1 Å². The Kier molecular flexibility index (Phi) is 3.32. The van der Waals surface area contributed by atoms with E-state index >= 15 is 0 Å². The van der Waals surface area contributed by atoms with Gasteiger partial charge in [-0.3, -0.25) is 0 Å². The first kappa shape index (κ1) is 11.5. The van der Waals surface area contributed by atoms with Crippen molar-refractivity contribution in [2.45, 2.75) is 20.8 Å². The minimum Gasteiger partial charge on any atom is -0.337 e. The molecular weight excluding hydrogens is 218 g/mol. The van der Waals surface area contributed by atoms with Gasteiger partial charge in [-0.15, -0.1) is 0 Å². The van der Waals surface area contributed by atoms with E-state index in [1.807, 2.05) is 6.92 Å². The van der Waals surface area contributed by atoms with E-state index in [0.29, 0.717) is 29.3 Å². The van der Waals surface area contributed by atoms with Crippen LogP contribution in [0.4, 0.5) is 6.01 Å². The van der Waals surface area contributed by atoms with E-state index < -0.39 is 0 Å². The minimum atomic E-state index is 0.421. The summed E-state index contributed by atoms with van der Waals surface area (Å²) in [6.07, 6.45) is 1.68. The van der Waals surface area contributed by atoms with E-state index in [1.54, 1.807) is 12.3 Å². The molecule has 0 amide bonds. The van der Waals surface area contributed by atoms with Gasteiger partial charge in [-0.2, -0.15) is 4.98 Å². The summed E-state index contributed by atoms with van der Waals surface area (Å²) in [5.74, 6) is 1.68. The molecule has 0 saturated heterocycles. The maximum absolute atomic E-state index is 5.08. The Labute approximate surface area is 99.5 Å². The average molecular weight is 233 g/mol. The highest BCUT2D eigenvalue weighted by atomic mass is 16.5. The van der Waals surface area contributed by atoms with E-state index in [4.69, 9.17) is 4.52 Å². The predicted molar refractivity (Wildman–Crippen MR) is 63.4 cm³/mol. The van der Waals surface area contributed by atoms with Crippen LogP contribution in [0.15, 0.2) is 16.8 Å². The average Bonchev–Trinajstić information content (AvgIpc) is 2.75. The monoisotopic (exact) mass is 233 g/mol. The lowest BCUT2D eigenvalue weighted by atomic mass is 10.2. The molecule has 2 heterocycles. The van der Waals surface area contributed by atoms with Crippen LogP contribution in [0.2, 0.25) is 0 Å². The van der Waals surface area contributed by atoms with Crippen LogP contribution in [0.25, 0.3) is 11.5 Å². The predicted octanol–water partition coefficient (Wildman–Crippen LogP) is 1.90.